The zero-order valence-electron chi connectivity index (χ0n) is 16.8. The quantitative estimate of drug-likeness (QED) is 0.378. The molecule has 2 aromatic rings. The molecular weight excluding hydrogens is 408 g/mol. The van der Waals surface area contributed by atoms with Crippen LogP contribution in [0.15, 0.2) is 42.0 Å². The monoisotopic (exact) mass is 428 g/mol. The van der Waals surface area contributed by atoms with E-state index in [4.69, 9.17) is 25.8 Å². The molecule has 1 amide bonds. The minimum atomic E-state index is -0.619. The minimum absolute atomic E-state index is 0.154. The zero-order chi connectivity index (χ0) is 22.1. The van der Waals surface area contributed by atoms with E-state index < -0.39 is 11.9 Å². The topological polar surface area (TPSA) is 97.7 Å². The summed E-state index contributed by atoms with van der Waals surface area (Å²) in [6, 6.07) is 11.2. The van der Waals surface area contributed by atoms with Gasteiger partial charge in [-0.3, -0.25) is 4.79 Å². The maximum atomic E-state index is 12.5. The molecule has 8 heteroatoms. The van der Waals surface area contributed by atoms with Crippen LogP contribution in [-0.4, -0.2) is 32.2 Å². The molecule has 0 atom stereocenters. The average Bonchev–Trinajstić information content (AvgIpc) is 2.74. The van der Waals surface area contributed by atoms with Crippen molar-refractivity contribution in [1.82, 2.24) is 0 Å². The fourth-order valence-corrected chi connectivity index (χ4v) is 2.70. The number of carbonyl (C=O) groups is 2. The van der Waals surface area contributed by atoms with Crippen molar-refractivity contribution in [2.24, 2.45) is 0 Å². The molecule has 0 aliphatic rings. The lowest BCUT2D eigenvalue weighted by atomic mass is 10.1. The van der Waals surface area contributed by atoms with Gasteiger partial charge in [0, 0.05) is 11.8 Å². The highest BCUT2D eigenvalue weighted by Crippen LogP contribution is 2.34. The van der Waals surface area contributed by atoms with E-state index in [-0.39, 0.29) is 12.2 Å². The number of amides is 1. The third-order valence-corrected chi connectivity index (χ3v) is 4.23. The summed E-state index contributed by atoms with van der Waals surface area (Å²) in [7, 11) is 1.49. The Morgan fingerprint density at radius 2 is 1.83 bits per heavy atom. The molecule has 30 heavy (non-hydrogen) atoms. The van der Waals surface area contributed by atoms with E-state index in [0.29, 0.717) is 39.9 Å². The molecule has 0 radical (unpaired) electrons. The van der Waals surface area contributed by atoms with Gasteiger partial charge in [-0.15, -0.1) is 0 Å². The molecule has 0 saturated heterocycles. The summed E-state index contributed by atoms with van der Waals surface area (Å²) in [5.41, 5.74) is 1.06. The summed E-state index contributed by atoms with van der Waals surface area (Å²) in [5, 5.41) is 12.3. The van der Waals surface area contributed by atoms with Crippen LogP contribution in [0.4, 0.5) is 5.69 Å². The molecule has 1 N–H and O–H groups in total. The Hall–Kier alpha value is -3.50. The first-order valence-electron chi connectivity index (χ1n) is 9.14. The number of carbonyl (C=O) groups excluding carboxylic acids is 2. The van der Waals surface area contributed by atoms with Crippen LogP contribution >= 0.6 is 11.6 Å². The van der Waals surface area contributed by atoms with E-state index in [9.17, 15) is 14.9 Å². The fourth-order valence-electron chi connectivity index (χ4n) is 2.50. The second-order valence-electron chi connectivity index (χ2n) is 5.88. The van der Waals surface area contributed by atoms with Crippen molar-refractivity contribution >= 4 is 35.2 Å². The lowest BCUT2D eigenvalue weighted by molar-refractivity contribution is -0.112. The standard InChI is InChI=1S/C22H21ClN2O5/c1-4-29-20-11-15(18(23)12-19(20)28-3)10-16(13-24)21(26)25-17-8-6-14(7-9-17)22(27)30-5-2/h6-12H,4-5H2,1-3H3,(H,25,26)/b16-10+. The van der Waals surface area contributed by atoms with Crippen LogP contribution in [0.5, 0.6) is 11.5 Å². The first kappa shape index (κ1) is 22.8. The highest BCUT2D eigenvalue weighted by molar-refractivity contribution is 6.32. The van der Waals surface area contributed by atoms with Crippen LogP contribution in [0.3, 0.4) is 0 Å². The molecule has 0 aliphatic carbocycles. The van der Waals surface area contributed by atoms with Gasteiger partial charge in [0.2, 0.25) is 0 Å². The number of hydrogen-bond donors (Lipinski definition) is 1. The van der Waals surface area contributed by atoms with Crippen LogP contribution in [-0.2, 0) is 9.53 Å². The van der Waals surface area contributed by atoms with Crippen LogP contribution < -0.4 is 14.8 Å². The number of nitrogens with one attached hydrogen (secondary N) is 1. The molecule has 0 saturated carbocycles. The number of ether oxygens (including phenoxy) is 3. The number of nitriles is 1. The van der Waals surface area contributed by atoms with Crippen LogP contribution in [0.2, 0.25) is 5.02 Å². The van der Waals surface area contributed by atoms with Gasteiger partial charge in [-0.1, -0.05) is 11.6 Å². The zero-order valence-corrected chi connectivity index (χ0v) is 17.6. The lowest BCUT2D eigenvalue weighted by Crippen LogP contribution is -2.13. The van der Waals surface area contributed by atoms with E-state index in [0.717, 1.165) is 0 Å². The predicted octanol–water partition coefficient (Wildman–Crippen LogP) is 4.47. The van der Waals surface area contributed by atoms with E-state index in [1.54, 1.807) is 31.2 Å². The van der Waals surface area contributed by atoms with Gasteiger partial charge in [0.1, 0.15) is 11.6 Å². The van der Waals surface area contributed by atoms with Crippen molar-refractivity contribution in [2.45, 2.75) is 13.8 Å². The van der Waals surface area contributed by atoms with Gasteiger partial charge in [-0.25, -0.2) is 4.79 Å². The summed E-state index contributed by atoms with van der Waals surface area (Å²) in [5.74, 6) is -0.176. The minimum Gasteiger partial charge on any atom is -0.493 e. The number of halogens is 1. The summed E-state index contributed by atoms with van der Waals surface area (Å²) in [4.78, 5) is 24.2. The molecule has 0 aliphatic heterocycles. The lowest BCUT2D eigenvalue weighted by Gasteiger charge is -2.11. The first-order chi connectivity index (χ1) is 14.4. The van der Waals surface area contributed by atoms with Crippen molar-refractivity contribution < 1.29 is 23.8 Å². The molecule has 2 rings (SSSR count). The van der Waals surface area contributed by atoms with Gasteiger partial charge in [-0.05, 0) is 55.8 Å². The van der Waals surface area contributed by atoms with Gasteiger partial charge in [0.15, 0.2) is 11.5 Å². The number of benzene rings is 2. The second kappa shape index (κ2) is 10.9. The second-order valence-corrected chi connectivity index (χ2v) is 6.29. The number of hydrogen-bond acceptors (Lipinski definition) is 6. The van der Waals surface area contributed by atoms with E-state index >= 15 is 0 Å². The van der Waals surface area contributed by atoms with Crippen LogP contribution in [0, 0.1) is 11.3 Å². The molecule has 7 nitrogen and oxygen atoms in total. The summed E-state index contributed by atoms with van der Waals surface area (Å²) >= 11 is 6.25. The third kappa shape index (κ3) is 5.75. The van der Waals surface area contributed by atoms with Crippen LogP contribution in [0.1, 0.15) is 29.8 Å². The largest absolute Gasteiger partial charge is 0.493 e. The van der Waals surface area contributed by atoms with Crippen molar-refractivity contribution in [2.75, 3.05) is 25.6 Å². The Labute approximate surface area is 179 Å². The summed E-state index contributed by atoms with van der Waals surface area (Å²) in [6.45, 7) is 4.22. The maximum Gasteiger partial charge on any atom is 0.338 e. The molecule has 0 fully saturated rings. The van der Waals surface area contributed by atoms with E-state index in [1.165, 1.54) is 25.3 Å². The van der Waals surface area contributed by atoms with E-state index in [1.807, 2.05) is 13.0 Å². The van der Waals surface area contributed by atoms with Crippen molar-refractivity contribution in [1.29, 1.82) is 5.26 Å². The average molecular weight is 429 g/mol. The fraction of sp³-hybridized carbons (Fsp3) is 0.227. The summed E-state index contributed by atoms with van der Waals surface area (Å²) < 4.78 is 15.6. The molecule has 0 heterocycles. The summed E-state index contributed by atoms with van der Waals surface area (Å²) in [6.07, 6.45) is 1.37. The highest BCUT2D eigenvalue weighted by Gasteiger charge is 2.14. The number of rotatable bonds is 8. The third-order valence-electron chi connectivity index (χ3n) is 3.90. The Morgan fingerprint density at radius 3 is 2.40 bits per heavy atom. The molecule has 0 spiro atoms. The van der Waals surface area contributed by atoms with Gasteiger partial charge in [0.05, 0.1) is 30.9 Å². The normalized spacial score (nSPS) is 10.7. The van der Waals surface area contributed by atoms with E-state index in [2.05, 4.69) is 5.32 Å². The van der Waals surface area contributed by atoms with Gasteiger partial charge < -0.3 is 19.5 Å². The van der Waals surface area contributed by atoms with Crippen molar-refractivity contribution in [3.05, 3.63) is 58.1 Å². The van der Waals surface area contributed by atoms with Crippen molar-refractivity contribution in [3.63, 3.8) is 0 Å². The number of anilines is 1. The number of nitrogens with zero attached hydrogens (tertiary/aromatic N) is 1. The smallest absolute Gasteiger partial charge is 0.338 e. The Bertz CT molecular complexity index is 994. The number of methoxy groups -OCH3 is 1. The molecular formula is C22H21ClN2O5. The van der Waals surface area contributed by atoms with Crippen molar-refractivity contribution in [3.8, 4) is 17.6 Å². The predicted molar refractivity (Wildman–Crippen MR) is 114 cm³/mol. The van der Waals surface area contributed by atoms with Gasteiger partial charge >= 0.3 is 5.97 Å². The molecule has 0 bridgehead atoms. The van der Waals surface area contributed by atoms with Crippen LogP contribution in [0.25, 0.3) is 6.08 Å². The number of esters is 1. The van der Waals surface area contributed by atoms with Gasteiger partial charge in [0.25, 0.3) is 5.91 Å². The SMILES string of the molecule is CCOC(=O)c1ccc(NC(=O)/C(C#N)=C/c2cc(OCC)c(OC)cc2Cl)cc1. The molecule has 156 valence electrons. The molecule has 2 aromatic carbocycles. The molecule has 0 unspecified atom stereocenters. The first-order valence-corrected chi connectivity index (χ1v) is 9.51. The Morgan fingerprint density at radius 1 is 1.13 bits per heavy atom. The highest BCUT2D eigenvalue weighted by atomic mass is 35.5. The Balaban J connectivity index is 2.24. The van der Waals surface area contributed by atoms with Gasteiger partial charge in [-0.2, -0.15) is 5.26 Å². The Kier molecular flexibility index (Phi) is 8.27. The molecule has 0 aromatic heterocycles. The maximum absolute atomic E-state index is 12.5.